The van der Waals surface area contributed by atoms with Crippen molar-refractivity contribution in [1.82, 2.24) is 9.88 Å². The molecule has 0 bridgehead atoms. The maximum atomic E-state index is 9.34. The van der Waals surface area contributed by atoms with Crippen molar-refractivity contribution in [3.8, 4) is 10.6 Å². The molecule has 0 amide bonds. The van der Waals surface area contributed by atoms with Gasteiger partial charge < -0.3 is 10.0 Å². The molecule has 1 N–H and O–H groups in total. The topological polar surface area (TPSA) is 36.4 Å². The Kier molecular flexibility index (Phi) is 4.38. The molecule has 1 saturated carbocycles. The first-order valence-electron chi connectivity index (χ1n) is 7.48. The summed E-state index contributed by atoms with van der Waals surface area (Å²) in [6.45, 7) is 4.03. The number of aromatic nitrogens is 1. The molecule has 0 aliphatic heterocycles. The maximum Gasteiger partial charge on any atom is 0.123 e. The molecule has 1 aliphatic rings. The number of rotatable bonds is 5. The third-order valence-corrected chi connectivity index (χ3v) is 5.00. The quantitative estimate of drug-likeness (QED) is 0.920. The van der Waals surface area contributed by atoms with Crippen molar-refractivity contribution in [2.45, 2.75) is 32.4 Å². The molecule has 0 saturated heterocycles. The van der Waals surface area contributed by atoms with Crippen LogP contribution in [0.15, 0.2) is 29.6 Å². The average molecular weight is 302 g/mol. The number of hydrogen-bond acceptors (Lipinski definition) is 4. The Balaban J connectivity index is 1.58. The Hall–Kier alpha value is -1.23. The van der Waals surface area contributed by atoms with E-state index in [1.165, 1.54) is 11.1 Å². The smallest absolute Gasteiger partial charge is 0.123 e. The van der Waals surface area contributed by atoms with Crippen molar-refractivity contribution in [1.29, 1.82) is 0 Å². The van der Waals surface area contributed by atoms with E-state index in [9.17, 15) is 5.11 Å². The molecule has 21 heavy (non-hydrogen) atoms. The van der Waals surface area contributed by atoms with E-state index in [1.807, 2.05) is 0 Å². The molecule has 1 aromatic carbocycles. The van der Waals surface area contributed by atoms with Gasteiger partial charge in [-0.3, -0.25) is 0 Å². The molecule has 3 rings (SSSR count). The summed E-state index contributed by atoms with van der Waals surface area (Å²) in [6, 6.07) is 8.53. The Morgan fingerprint density at radius 1 is 1.29 bits per heavy atom. The van der Waals surface area contributed by atoms with Crippen LogP contribution in [0.3, 0.4) is 0 Å². The number of nitrogens with zero attached hydrogens (tertiary/aromatic N) is 2. The van der Waals surface area contributed by atoms with E-state index in [0.717, 1.165) is 36.6 Å². The maximum absolute atomic E-state index is 9.34. The number of benzene rings is 1. The minimum Gasteiger partial charge on any atom is -0.393 e. The van der Waals surface area contributed by atoms with Gasteiger partial charge in [0.2, 0.25) is 0 Å². The molecule has 4 heteroatoms. The van der Waals surface area contributed by atoms with Crippen LogP contribution in [0, 0.1) is 12.8 Å². The molecule has 1 aromatic heterocycles. The van der Waals surface area contributed by atoms with Crippen LogP contribution in [0.2, 0.25) is 0 Å². The lowest BCUT2D eigenvalue weighted by atomic mass is 9.82. The standard InChI is InChI=1S/C17H22N2OS/c1-12-3-5-14(6-4-12)17-18-15(11-21-17)10-19(2)9-13-7-16(20)8-13/h3-6,11,13,16,20H,7-10H2,1-2H3. The van der Waals surface area contributed by atoms with Gasteiger partial charge in [-0.25, -0.2) is 4.98 Å². The number of aliphatic hydroxyl groups is 1. The number of hydrogen-bond donors (Lipinski definition) is 1. The fourth-order valence-electron chi connectivity index (χ4n) is 2.84. The molecule has 0 radical (unpaired) electrons. The third-order valence-electron chi connectivity index (χ3n) is 4.06. The van der Waals surface area contributed by atoms with Gasteiger partial charge in [0, 0.05) is 24.0 Å². The predicted octanol–water partition coefficient (Wildman–Crippen LogP) is 3.32. The van der Waals surface area contributed by atoms with E-state index in [1.54, 1.807) is 11.3 Å². The van der Waals surface area contributed by atoms with Crippen molar-refractivity contribution in [2.75, 3.05) is 13.6 Å². The molecular weight excluding hydrogens is 280 g/mol. The second-order valence-electron chi connectivity index (χ2n) is 6.20. The van der Waals surface area contributed by atoms with Gasteiger partial charge >= 0.3 is 0 Å². The first-order chi connectivity index (χ1) is 10.1. The molecule has 3 nitrogen and oxygen atoms in total. The van der Waals surface area contributed by atoms with Crippen LogP contribution in [0.1, 0.15) is 24.1 Å². The first kappa shape index (κ1) is 14.7. The highest BCUT2D eigenvalue weighted by Crippen LogP contribution is 2.28. The van der Waals surface area contributed by atoms with Crippen LogP contribution in [0.5, 0.6) is 0 Å². The molecule has 1 aliphatic carbocycles. The van der Waals surface area contributed by atoms with Gasteiger partial charge in [0.1, 0.15) is 5.01 Å². The summed E-state index contributed by atoms with van der Waals surface area (Å²) in [5.74, 6) is 0.653. The Bertz CT molecular complexity index is 587. The zero-order valence-corrected chi connectivity index (χ0v) is 13.4. The highest BCUT2D eigenvalue weighted by molar-refractivity contribution is 7.13. The molecule has 0 spiro atoms. The van der Waals surface area contributed by atoms with Crippen molar-refractivity contribution in [3.05, 3.63) is 40.9 Å². The first-order valence-corrected chi connectivity index (χ1v) is 8.36. The van der Waals surface area contributed by atoms with Crippen LogP contribution in [0.25, 0.3) is 10.6 Å². The van der Waals surface area contributed by atoms with E-state index >= 15 is 0 Å². The molecule has 1 fully saturated rings. The molecular formula is C17H22N2OS. The average Bonchev–Trinajstić information content (AvgIpc) is 2.86. The fraction of sp³-hybridized carbons (Fsp3) is 0.471. The van der Waals surface area contributed by atoms with Gasteiger partial charge in [-0.05, 0) is 32.7 Å². The highest BCUT2D eigenvalue weighted by atomic mass is 32.1. The van der Waals surface area contributed by atoms with E-state index in [-0.39, 0.29) is 6.10 Å². The number of aryl methyl sites for hydroxylation is 1. The van der Waals surface area contributed by atoms with Gasteiger partial charge in [0.25, 0.3) is 0 Å². The van der Waals surface area contributed by atoms with Crippen molar-refractivity contribution >= 4 is 11.3 Å². The van der Waals surface area contributed by atoms with E-state index in [2.05, 4.69) is 48.5 Å². The summed E-state index contributed by atoms with van der Waals surface area (Å²) in [4.78, 5) is 7.05. The lowest BCUT2D eigenvalue weighted by molar-refractivity contribution is 0.0272. The minimum absolute atomic E-state index is 0.0594. The summed E-state index contributed by atoms with van der Waals surface area (Å²) < 4.78 is 0. The fourth-order valence-corrected chi connectivity index (χ4v) is 3.66. The lowest BCUT2D eigenvalue weighted by Crippen LogP contribution is -2.36. The monoisotopic (exact) mass is 302 g/mol. The van der Waals surface area contributed by atoms with Gasteiger partial charge in [-0.1, -0.05) is 29.8 Å². The highest BCUT2D eigenvalue weighted by Gasteiger charge is 2.27. The lowest BCUT2D eigenvalue weighted by Gasteiger charge is -2.34. The normalized spacial score (nSPS) is 21.5. The largest absolute Gasteiger partial charge is 0.393 e. The van der Waals surface area contributed by atoms with E-state index < -0.39 is 0 Å². The predicted molar refractivity (Wildman–Crippen MR) is 87.4 cm³/mol. The van der Waals surface area contributed by atoms with Crippen LogP contribution in [-0.4, -0.2) is 34.7 Å². The number of thiazole rings is 1. The van der Waals surface area contributed by atoms with Crippen molar-refractivity contribution < 1.29 is 5.11 Å². The number of aliphatic hydroxyl groups excluding tert-OH is 1. The summed E-state index contributed by atoms with van der Waals surface area (Å²) in [5.41, 5.74) is 3.61. The Morgan fingerprint density at radius 2 is 2.00 bits per heavy atom. The van der Waals surface area contributed by atoms with Crippen molar-refractivity contribution in [3.63, 3.8) is 0 Å². The summed E-state index contributed by atoms with van der Waals surface area (Å²) >= 11 is 1.71. The Morgan fingerprint density at radius 3 is 2.67 bits per heavy atom. The van der Waals surface area contributed by atoms with Gasteiger partial charge in [-0.2, -0.15) is 0 Å². The van der Waals surface area contributed by atoms with Crippen molar-refractivity contribution in [2.24, 2.45) is 5.92 Å². The van der Waals surface area contributed by atoms with Crippen LogP contribution < -0.4 is 0 Å². The SMILES string of the molecule is Cc1ccc(-c2nc(CN(C)CC3CC(O)C3)cs2)cc1. The zero-order chi connectivity index (χ0) is 14.8. The summed E-state index contributed by atoms with van der Waals surface area (Å²) in [7, 11) is 2.13. The molecule has 112 valence electrons. The van der Waals surface area contributed by atoms with E-state index in [4.69, 9.17) is 4.98 Å². The molecule has 0 unspecified atom stereocenters. The van der Waals surface area contributed by atoms with Crippen LogP contribution in [0.4, 0.5) is 0 Å². The second kappa shape index (κ2) is 6.26. The Labute approximate surface area is 130 Å². The molecule has 1 heterocycles. The minimum atomic E-state index is -0.0594. The summed E-state index contributed by atoms with van der Waals surface area (Å²) in [5, 5.41) is 12.6. The van der Waals surface area contributed by atoms with E-state index in [0.29, 0.717) is 5.92 Å². The van der Waals surface area contributed by atoms with Gasteiger partial charge in [0.05, 0.1) is 11.8 Å². The zero-order valence-electron chi connectivity index (χ0n) is 12.6. The van der Waals surface area contributed by atoms with Crippen LogP contribution in [-0.2, 0) is 6.54 Å². The second-order valence-corrected chi connectivity index (χ2v) is 7.06. The molecule has 0 atom stereocenters. The van der Waals surface area contributed by atoms with Gasteiger partial charge in [0.15, 0.2) is 0 Å². The molecule has 2 aromatic rings. The summed E-state index contributed by atoms with van der Waals surface area (Å²) in [6.07, 6.45) is 1.85. The van der Waals surface area contributed by atoms with Crippen LogP contribution >= 0.6 is 11.3 Å². The third kappa shape index (κ3) is 3.70. The van der Waals surface area contributed by atoms with Gasteiger partial charge in [-0.15, -0.1) is 11.3 Å².